The average Bonchev–Trinajstić information content (AvgIpc) is 3.08. The molecule has 0 aliphatic heterocycles. The van der Waals surface area contributed by atoms with Crippen molar-refractivity contribution in [2.24, 2.45) is 34.5 Å². The van der Waals surface area contributed by atoms with Gasteiger partial charge in [-0.3, -0.25) is 19.2 Å². The number of esters is 1. The van der Waals surface area contributed by atoms with Crippen molar-refractivity contribution >= 4 is 23.5 Å². The van der Waals surface area contributed by atoms with Gasteiger partial charge in [-0.1, -0.05) is 12.5 Å². The van der Waals surface area contributed by atoms with E-state index in [0.29, 0.717) is 36.4 Å². The number of ether oxygens (including phenoxy) is 1. The molecule has 6 nitrogen and oxygen atoms in total. The van der Waals surface area contributed by atoms with Crippen molar-refractivity contribution in [3.63, 3.8) is 0 Å². The summed E-state index contributed by atoms with van der Waals surface area (Å²) in [5.41, 5.74) is 0.865. The fourth-order valence-electron chi connectivity index (χ4n) is 7.79. The number of rotatable bonds is 6. The van der Waals surface area contributed by atoms with Crippen LogP contribution in [0, 0.1) is 34.5 Å². The Morgan fingerprint density at radius 3 is 2.55 bits per heavy atom. The summed E-state index contributed by atoms with van der Waals surface area (Å²) in [7, 11) is 0. The molecule has 4 aliphatic rings. The Labute approximate surface area is 183 Å². The third-order valence-electron chi connectivity index (χ3n) is 9.21. The molecule has 0 aromatic carbocycles. The zero-order valence-corrected chi connectivity index (χ0v) is 18.7. The zero-order valence-electron chi connectivity index (χ0n) is 18.7. The van der Waals surface area contributed by atoms with Gasteiger partial charge in [0.2, 0.25) is 0 Å². The molecule has 1 N–H and O–H groups in total. The van der Waals surface area contributed by atoms with Gasteiger partial charge in [-0.15, -0.1) is 0 Å². The quantitative estimate of drug-likeness (QED) is 0.637. The number of carboxylic acid groups (broad SMARTS) is 1. The SMILES string of the molecule is CC(=O)[C@H]1CC[C@@H]2[C@H]3CCC4=CC(=O)CC[C@]4(COC(=O)CCC(=O)O)[C@@H]3CC[C@]12C. The van der Waals surface area contributed by atoms with Gasteiger partial charge in [0.05, 0.1) is 12.8 Å². The van der Waals surface area contributed by atoms with Crippen molar-refractivity contribution < 1.29 is 29.0 Å². The number of carboxylic acids is 1. The lowest BCUT2D eigenvalue weighted by atomic mass is 9.46. The smallest absolute Gasteiger partial charge is 0.306 e. The molecule has 3 fully saturated rings. The van der Waals surface area contributed by atoms with Gasteiger partial charge in [0.1, 0.15) is 12.4 Å². The lowest BCUT2D eigenvalue weighted by Crippen LogP contribution is -2.53. The molecule has 6 heteroatoms. The minimum Gasteiger partial charge on any atom is -0.481 e. The lowest BCUT2D eigenvalue weighted by Gasteiger charge is -2.58. The largest absolute Gasteiger partial charge is 0.481 e. The molecule has 4 aliphatic carbocycles. The van der Waals surface area contributed by atoms with E-state index in [1.807, 2.05) is 0 Å². The molecule has 0 bridgehead atoms. The van der Waals surface area contributed by atoms with E-state index >= 15 is 0 Å². The molecule has 4 rings (SSSR count). The van der Waals surface area contributed by atoms with Crippen molar-refractivity contribution in [2.45, 2.75) is 78.1 Å². The topological polar surface area (TPSA) is 97.7 Å². The Morgan fingerprint density at radius 2 is 1.84 bits per heavy atom. The van der Waals surface area contributed by atoms with E-state index in [0.717, 1.165) is 44.1 Å². The molecule has 0 unspecified atom stereocenters. The van der Waals surface area contributed by atoms with Gasteiger partial charge >= 0.3 is 11.9 Å². The molecular formula is C25H34O6. The highest BCUT2D eigenvalue weighted by atomic mass is 16.5. The Bertz CT molecular complexity index is 828. The molecular weight excluding hydrogens is 396 g/mol. The molecule has 0 saturated heterocycles. The van der Waals surface area contributed by atoms with Crippen LogP contribution in [0.15, 0.2) is 11.6 Å². The van der Waals surface area contributed by atoms with Gasteiger partial charge in [-0.2, -0.15) is 0 Å². The van der Waals surface area contributed by atoms with E-state index in [1.54, 1.807) is 13.0 Å². The summed E-state index contributed by atoms with van der Waals surface area (Å²) in [5.74, 6) is 0.442. The first kappa shape index (κ1) is 22.2. The maximum atomic E-state index is 12.3. The molecule has 0 radical (unpaired) electrons. The normalized spacial score (nSPS) is 39.0. The van der Waals surface area contributed by atoms with E-state index in [9.17, 15) is 19.2 Å². The van der Waals surface area contributed by atoms with Crippen molar-refractivity contribution in [2.75, 3.05) is 6.61 Å². The van der Waals surface area contributed by atoms with Crippen LogP contribution in [0.5, 0.6) is 0 Å². The summed E-state index contributed by atoms with van der Waals surface area (Å²) < 4.78 is 5.66. The number of carbonyl (C=O) groups excluding carboxylic acids is 3. The predicted molar refractivity (Wildman–Crippen MR) is 113 cm³/mol. The summed E-state index contributed by atoms with van der Waals surface area (Å²) >= 11 is 0. The van der Waals surface area contributed by atoms with Crippen LogP contribution in [0.1, 0.15) is 78.1 Å². The van der Waals surface area contributed by atoms with E-state index < -0.39 is 11.9 Å². The summed E-state index contributed by atoms with van der Waals surface area (Å²) in [6.45, 7) is 4.28. The second-order valence-electron chi connectivity index (χ2n) is 10.5. The Hall–Kier alpha value is -1.98. The number of carbonyl (C=O) groups is 4. The minimum absolute atomic E-state index is 0.0536. The number of ketones is 2. The van der Waals surface area contributed by atoms with Gasteiger partial charge in [0, 0.05) is 17.8 Å². The first-order chi connectivity index (χ1) is 14.7. The molecule has 0 aromatic rings. The molecule has 170 valence electrons. The molecule has 31 heavy (non-hydrogen) atoms. The second-order valence-corrected chi connectivity index (χ2v) is 10.5. The molecule has 0 aromatic heterocycles. The predicted octanol–water partition coefficient (Wildman–Crippen LogP) is 4.11. The van der Waals surface area contributed by atoms with Gasteiger partial charge in [-0.25, -0.2) is 0 Å². The fraction of sp³-hybridized carbons (Fsp3) is 0.760. The molecule has 0 spiro atoms. The number of Topliss-reactive ketones (excluding diaryl/α,β-unsaturated/α-hetero) is 1. The maximum absolute atomic E-state index is 12.3. The average molecular weight is 431 g/mol. The standard InChI is InChI=1S/C25H34O6/c1-15(26)19-5-6-20-18-4-3-16-13-17(27)9-12-25(16,21(18)10-11-24(19,20)2)14-31-23(30)8-7-22(28)29/h13,18-21H,3-12,14H2,1-2H3,(H,28,29)/t18-,19-,20-,21-,24-,25-/m1/s1. The van der Waals surface area contributed by atoms with Crippen LogP contribution < -0.4 is 0 Å². The Morgan fingerprint density at radius 1 is 1.06 bits per heavy atom. The number of hydrogen-bond donors (Lipinski definition) is 1. The highest BCUT2D eigenvalue weighted by Crippen LogP contribution is 2.66. The zero-order chi connectivity index (χ0) is 22.4. The van der Waals surface area contributed by atoms with Crippen LogP contribution in [0.25, 0.3) is 0 Å². The van der Waals surface area contributed by atoms with Crippen LogP contribution in [0.3, 0.4) is 0 Å². The third-order valence-corrected chi connectivity index (χ3v) is 9.21. The molecule has 0 heterocycles. The highest BCUT2D eigenvalue weighted by Gasteiger charge is 2.61. The van der Waals surface area contributed by atoms with Crippen LogP contribution in [0.2, 0.25) is 0 Å². The van der Waals surface area contributed by atoms with Crippen molar-refractivity contribution in [1.29, 1.82) is 0 Å². The Balaban J connectivity index is 1.59. The van der Waals surface area contributed by atoms with Gasteiger partial charge in [0.15, 0.2) is 5.78 Å². The second kappa shape index (κ2) is 8.18. The van der Waals surface area contributed by atoms with Gasteiger partial charge in [0.25, 0.3) is 0 Å². The number of hydrogen-bond acceptors (Lipinski definition) is 5. The maximum Gasteiger partial charge on any atom is 0.306 e. The number of fused-ring (bicyclic) bond motifs is 5. The van der Waals surface area contributed by atoms with Crippen molar-refractivity contribution in [3.8, 4) is 0 Å². The minimum atomic E-state index is -1.01. The summed E-state index contributed by atoms with van der Waals surface area (Å²) in [6, 6.07) is 0. The number of aliphatic carboxylic acids is 1. The van der Waals surface area contributed by atoms with E-state index in [-0.39, 0.29) is 42.0 Å². The van der Waals surface area contributed by atoms with Crippen LogP contribution >= 0.6 is 0 Å². The molecule has 3 saturated carbocycles. The fourth-order valence-corrected chi connectivity index (χ4v) is 7.79. The summed E-state index contributed by atoms with van der Waals surface area (Å²) in [4.78, 5) is 47.6. The van der Waals surface area contributed by atoms with Crippen molar-refractivity contribution in [3.05, 3.63) is 11.6 Å². The van der Waals surface area contributed by atoms with Gasteiger partial charge < -0.3 is 9.84 Å². The third kappa shape index (κ3) is 3.76. The van der Waals surface area contributed by atoms with Crippen molar-refractivity contribution in [1.82, 2.24) is 0 Å². The Kier molecular flexibility index (Phi) is 5.86. The van der Waals surface area contributed by atoms with E-state index in [1.165, 1.54) is 0 Å². The summed E-state index contributed by atoms with van der Waals surface area (Å²) in [6.07, 6.45) is 8.52. The van der Waals surface area contributed by atoms with E-state index in [4.69, 9.17) is 9.84 Å². The highest BCUT2D eigenvalue weighted by molar-refractivity contribution is 5.91. The lowest BCUT2D eigenvalue weighted by molar-refractivity contribution is -0.155. The monoisotopic (exact) mass is 430 g/mol. The first-order valence-corrected chi connectivity index (χ1v) is 11.8. The van der Waals surface area contributed by atoms with Crippen LogP contribution in [-0.4, -0.2) is 35.2 Å². The molecule has 6 atom stereocenters. The van der Waals surface area contributed by atoms with Crippen LogP contribution in [-0.2, 0) is 23.9 Å². The van der Waals surface area contributed by atoms with Crippen LogP contribution in [0.4, 0.5) is 0 Å². The van der Waals surface area contributed by atoms with E-state index in [2.05, 4.69) is 6.92 Å². The first-order valence-electron chi connectivity index (χ1n) is 11.8. The molecule has 0 amide bonds. The van der Waals surface area contributed by atoms with Gasteiger partial charge in [-0.05, 0) is 81.1 Å². The summed E-state index contributed by atoms with van der Waals surface area (Å²) in [5, 5.41) is 8.84.